The fourth-order valence-corrected chi connectivity index (χ4v) is 3.80. The van der Waals surface area contributed by atoms with Crippen LogP contribution in [-0.4, -0.2) is 20.2 Å². The molecule has 0 unspecified atom stereocenters. The van der Waals surface area contributed by atoms with E-state index in [1.807, 2.05) is 30.3 Å². The number of hydrogen-bond acceptors (Lipinski definition) is 5. The van der Waals surface area contributed by atoms with Gasteiger partial charge in [0, 0.05) is 10.9 Å². The van der Waals surface area contributed by atoms with Crippen LogP contribution in [-0.2, 0) is 6.61 Å². The van der Waals surface area contributed by atoms with Gasteiger partial charge in [0.05, 0.1) is 23.3 Å². The predicted octanol–water partition coefficient (Wildman–Crippen LogP) is 4.42. The van der Waals surface area contributed by atoms with Crippen LogP contribution in [0.2, 0.25) is 5.15 Å². The van der Waals surface area contributed by atoms with Crippen LogP contribution in [0.5, 0.6) is 5.75 Å². The molecular formula is C22H15ClFN5O2. The molecule has 4 N–H and O–H groups in total. The SMILES string of the molecule is Nc1c(-c2ccc(F)c3[nH]ncc23)c2c(OCc3ccccc3)cnc(Cl)c2[nH]c1=O. The molecule has 5 aromatic rings. The maximum atomic E-state index is 14.2. The monoisotopic (exact) mass is 435 g/mol. The average Bonchev–Trinajstić information content (AvgIpc) is 3.27. The molecule has 0 saturated heterocycles. The summed E-state index contributed by atoms with van der Waals surface area (Å²) >= 11 is 6.30. The van der Waals surface area contributed by atoms with Crippen LogP contribution in [0, 0.1) is 5.82 Å². The van der Waals surface area contributed by atoms with Gasteiger partial charge in [0.2, 0.25) is 0 Å². The number of hydrogen-bond donors (Lipinski definition) is 3. The van der Waals surface area contributed by atoms with E-state index in [0.717, 1.165) is 5.56 Å². The third-order valence-electron chi connectivity index (χ3n) is 5.07. The van der Waals surface area contributed by atoms with Crippen molar-refractivity contribution in [3.05, 3.63) is 81.7 Å². The molecule has 31 heavy (non-hydrogen) atoms. The number of halogens is 2. The summed E-state index contributed by atoms with van der Waals surface area (Å²) in [6.07, 6.45) is 2.96. The van der Waals surface area contributed by atoms with Crippen molar-refractivity contribution in [2.75, 3.05) is 5.73 Å². The fourth-order valence-electron chi connectivity index (χ4n) is 3.61. The number of rotatable bonds is 4. The summed E-state index contributed by atoms with van der Waals surface area (Å²) in [6.45, 7) is 0.266. The highest BCUT2D eigenvalue weighted by atomic mass is 35.5. The number of benzene rings is 2. The zero-order valence-electron chi connectivity index (χ0n) is 15.9. The number of fused-ring (bicyclic) bond motifs is 2. The Morgan fingerprint density at radius 1 is 1.10 bits per heavy atom. The first-order chi connectivity index (χ1) is 15.0. The van der Waals surface area contributed by atoms with Crippen LogP contribution >= 0.6 is 11.6 Å². The second-order valence-corrected chi connectivity index (χ2v) is 7.29. The topological polar surface area (TPSA) is 110 Å². The number of nitrogen functional groups attached to an aromatic ring is 1. The van der Waals surface area contributed by atoms with Crippen LogP contribution in [0.4, 0.5) is 10.1 Å². The van der Waals surface area contributed by atoms with E-state index in [4.69, 9.17) is 22.1 Å². The average molecular weight is 436 g/mol. The molecule has 0 spiro atoms. The van der Waals surface area contributed by atoms with Crippen molar-refractivity contribution in [2.45, 2.75) is 6.61 Å². The molecule has 0 fully saturated rings. The molecular weight excluding hydrogens is 421 g/mol. The van der Waals surface area contributed by atoms with E-state index in [0.29, 0.717) is 27.6 Å². The number of nitrogens with two attached hydrogens (primary N) is 1. The van der Waals surface area contributed by atoms with E-state index in [-0.39, 0.29) is 28.5 Å². The van der Waals surface area contributed by atoms with Crippen molar-refractivity contribution in [3.8, 4) is 16.9 Å². The number of ether oxygens (including phenoxy) is 1. The number of aromatic amines is 2. The Bertz CT molecular complexity index is 1500. The second kappa shape index (κ2) is 7.41. The maximum absolute atomic E-state index is 14.2. The van der Waals surface area contributed by atoms with Crippen molar-refractivity contribution in [3.63, 3.8) is 0 Å². The zero-order valence-corrected chi connectivity index (χ0v) is 16.7. The van der Waals surface area contributed by atoms with Crippen molar-refractivity contribution in [2.24, 2.45) is 0 Å². The van der Waals surface area contributed by atoms with Crippen LogP contribution < -0.4 is 16.0 Å². The molecule has 7 nitrogen and oxygen atoms in total. The van der Waals surface area contributed by atoms with E-state index in [9.17, 15) is 9.18 Å². The molecule has 3 aromatic heterocycles. The highest BCUT2D eigenvalue weighted by Gasteiger charge is 2.21. The Morgan fingerprint density at radius 3 is 2.71 bits per heavy atom. The molecule has 0 atom stereocenters. The molecule has 0 bridgehead atoms. The number of aromatic nitrogens is 4. The van der Waals surface area contributed by atoms with Gasteiger partial charge in [-0.2, -0.15) is 5.10 Å². The normalized spacial score (nSPS) is 11.3. The third kappa shape index (κ3) is 3.17. The summed E-state index contributed by atoms with van der Waals surface area (Å²) in [4.78, 5) is 19.4. The fraction of sp³-hybridized carbons (Fsp3) is 0.0455. The van der Waals surface area contributed by atoms with Gasteiger partial charge in [-0.3, -0.25) is 9.89 Å². The number of pyridine rings is 2. The summed E-state index contributed by atoms with van der Waals surface area (Å²) in [5.41, 5.74) is 7.96. The van der Waals surface area contributed by atoms with Gasteiger partial charge in [0.1, 0.15) is 29.4 Å². The van der Waals surface area contributed by atoms with Gasteiger partial charge in [-0.05, 0) is 17.2 Å². The maximum Gasteiger partial charge on any atom is 0.272 e. The highest BCUT2D eigenvalue weighted by Crippen LogP contribution is 2.41. The standard InChI is InChI=1S/C22H15ClFN5O2/c23-21-20-17(15(9-26-21)31-10-11-4-2-1-3-5-11)16(18(25)22(30)28-20)12-6-7-14(24)19-13(12)8-27-29-19/h1-9H,10,25H2,(H,27,29)(H,28,30). The summed E-state index contributed by atoms with van der Waals surface area (Å²) in [5.74, 6) is -0.0913. The van der Waals surface area contributed by atoms with Gasteiger partial charge in [-0.25, -0.2) is 9.37 Å². The molecule has 0 aliphatic carbocycles. The lowest BCUT2D eigenvalue weighted by molar-refractivity contribution is 0.309. The van der Waals surface area contributed by atoms with Gasteiger partial charge >= 0.3 is 0 Å². The van der Waals surface area contributed by atoms with Crippen LogP contribution in [0.3, 0.4) is 0 Å². The molecule has 9 heteroatoms. The minimum absolute atomic E-state index is 0.0477. The van der Waals surface area contributed by atoms with E-state index in [1.165, 1.54) is 18.5 Å². The number of nitrogens with zero attached hydrogens (tertiary/aromatic N) is 2. The Morgan fingerprint density at radius 2 is 1.90 bits per heavy atom. The summed E-state index contributed by atoms with van der Waals surface area (Å²) in [7, 11) is 0. The van der Waals surface area contributed by atoms with Crippen molar-refractivity contribution < 1.29 is 9.13 Å². The second-order valence-electron chi connectivity index (χ2n) is 6.93. The molecule has 154 valence electrons. The Hall–Kier alpha value is -3.91. The minimum Gasteiger partial charge on any atom is -0.487 e. The molecule has 0 radical (unpaired) electrons. The van der Waals surface area contributed by atoms with E-state index in [1.54, 1.807) is 6.07 Å². The van der Waals surface area contributed by atoms with Gasteiger partial charge < -0.3 is 15.5 Å². The van der Waals surface area contributed by atoms with Gasteiger partial charge in [-0.15, -0.1) is 0 Å². The van der Waals surface area contributed by atoms with Crippen molar-refractivity contribution in [1.82, 2.24) is 20.2 Å². The number of anilines is 1. The Balaban J connectivity index is 1.80. The van der Waals surface area contributed by atoms with Crippen molar-refractivity contribution >= 4 is 39.1 Å². The number of H-pyrrole nitrogens is 2. The lowest BCUT2D eigenvalue weighted by atomic mass is 9.97. The zero-order chi connectivity index (χ0) is 21.5. The predicted molar refractivity (Wildman–Crippen MR) is 118 cm³/mol. The summed E-state index contributed by atoms with van der Waals surface area (Å²) in [6, 6.07) is 12.4. The van der Waals surface area contributed by atoms with Gasteiger partial charge in [0.15, 0.2) is 5.15 Å². The summed E-state index contributed by atoms with van der Waals surface area (Å²) in [5, 5.41) is 7.60. The van der Waals surface area contributed by atoms with Crippen LogP contribution in [0.1, 0.15) is 5.56 Å². The van der Waals surface area contributed by atoms with Gasteiger partial charge in [-0.1, -0.05) is 48.0 Å². The quantitative estimate of drug-likeness (QED) is 0.362. The summed E-state index contributed by atoms with van der Waals surface area (Å²) < 4.78 is 20.3. The molecule has 0 amide bonds. The first-order valence-corrected chi connectivity index (χ1v) is 9.71. The van der Waals surface area contributed by atoms with E-state index < -0.39 is 11.4 Å². The van der Waals surface area contributed by atoms with E-state index in [2.05, 4.69) is 20.2 Å². The van der Waals surface area contributed by atoms with E-state index >= 15 is 0 Å². The molecule has 3 heterocycles. The molecule has 0 saturated carbocycles. The minimum atomic E-state index is -0.535. The highest BCUT2D eigenvalue weighted by molar-refractivity contribution is 6.34. The van der Waals surface area contributed by atoms with Gasteiger partial charge in [0.25, 0.3) is 5.56 Å². The molecule has 0 aliphatic rings. The Kier molecular flexibility index (Phi) is 4.56. The number of nitrogens with one attached hydrogen (secondary N) is 2. The molecule has 2 aromatic carbocycles. The largest absolute Gasteiger partial charge is 0.487 e. The lowest BCUT2D eigenvalue weighted by Crippen LogP contribution is -2.14. The first-order valence-electron chi connectivity index (χ1n) is 9.33. The van der Waals surface area contributed by atoms with Crippen LogP contribution in [0.25, 0.3) is 32.9 Å². The van der Waals surface area contributed by atoms with Crippen LogP contribution in [0.15, 0.2) is 59.7 Å². The van der Waals surface area contributed by atoms with Crippen molar-refractivity contribution in [1.29, 1.82) is 0 Å². The molecule has 0 aliphatic heterocycles. The molecule has 5 rings (SSSR count). The lowest BCUT2D eigenvalue weighted by Gasteiger charge is -2.16. The first kappa shape index (κ1) is 19.1. The third-order valence-corrected chi connectivity index (χ3v) is 5.36. The Labute approximate surface area is 179 Å². The smallest absolute Gasteiger partial charge is 0.272 e.